The molecule has 0 unspecified atom stereocenters. The lowest BCUT2D eigenvalue weighted by Gasteiger charge is -2.26. The molecule has 1 aromatic carbocycles. The summed E-state index contributed by atoms with van der Waals surface area (Å²) in [6, 6.07) is 7.18. The molecule has 9 heteroatoms. The SMILES string of the molecule is CCN(CC)Cc1ccc(OCc2scc3c2CN([C@@H](CCC(=O)OC(C)(C)C)C(N)=O)C3=O)cc1. The van der Waals surface area contributed by atoms with Gasteiger partial charge in [0.05, 0.1) is 5.56 Å². The van der Waals surface area contributed by atoms with Crippen molar-refractivity contribution in [2.45, 2.75) is 78.8 Å². The van der Waals surface area contributed by atoms with E-state index in [9.17, 15) is 14.4 Å². The molecule has 8 nitrogen and oxygen atoms in total. The van der Waals surface area contributed by atoms with Crippen LogP contribution >= 0.6 is 11.3 Å². The molecule has 0 saturated heterocycles. The Bertz CT molecular complexity index is 1070. The van der Waals surface area contributed by atoms with Gasteiger partial charge in [-0.25, -0.2) is 0 Å². The predicted molar refractivity (Wildman–Crippen MR) is 140 cm³/mol. The third kappa shape index (κ3) is 7.07. The Kier molecular flexibility index (Phi) is 9.13. The van der Waals surface area contributed by atoms with E-state index in [0.717, 1.165) is 35.8 Å². The van der Waals surface area contributed by atoms with Gasteiger partial charge in [0.2, 0.25) is 5.91 Å². The van der Waals surface area contributed by atoms with Crippen LogP contribution in [0.1, 0.15) is 73.8 Å². The highest BCUT2D eigenvalue weighted by Gasteiger charge is 2.38. The molecule has 0 spiro atoms. The standard InChI is InChI=1S/C27H37N3O5S/c1-6-29(7-2)14-18-8-10-19(11-9-18)34-16-23-20-15-30(26(33)21(20)17-36-23)22(25(28)32)12-13-24(31)35-27(3,4)5/h8-11,17,22H,6-7,12-16H2,1-5H3,(H2,28,32)/t22-/m0/s1. The summed E-state index contributed by atoms with van der Waals surface area (Å²) in [5.74, 6) is -0.551. The summed E-state index contributed by atoms with van der Waals surface area (Å²) in [6.45, 7) is 13.2. The minimum atomic E-state index is -0.880. The number of hydrogen-bond acceptors (Lipinski definition) is 7. The van der Waals surface area contributed by atoms with Gasteiger partial charge in [-0.2, -0.15) is 0 Å². The van der Waals surface area contributed by atoms with Crippen LogP contribution < -0.4 is 10.5 Å². The van der Waals surface area contributed by atoms with E-state index in [1.165, 1.54) is 21.8 Å². The van der Waals surface area contributed by atoms with Gasteiger partial charge in [-0.3, -0.25) is 19.3 Å². The van der Waals surface area contributed by atoms with Crippen LogP contribution in [0.5, 0.6) is 5.75 Å². The van der Waals surface area contributed by atoms with E-state index in [4.69, 9.17) is 15.2 Å². The minimum Gasteiger partial charge on any atom is -0.488 e. The van der Waals surface area contributed by atoms with E-state index in [1.54, 1.807) is 26.2 Å². The Morgan fingerprint density at radius 2 is 1.83 bits per heavy atom. The molecule has 2 aromatic rings. The van der Waals surface area contributed by atoms with Crippen LogP contribution in [0.25, 0.3) is 0 Å². The van der Waals surface area contributed by atoms with Crippen molar-refractivity contribution in [2.24, 2.45) is 5.73 Å². The predicted octanol–water partition coefficient (Wildman–Crippen LogP) is 4.10. The molecule has 2 heterocycles. The van der Waals surface area contributed by atoms with Gasteiger partial charge < -0.3 is 20.1 Å². The van der Waals surface area contributed by atoms with Crippen molar-refractivity contribution in [1.29, 1.82) is 0 Å². The summed E-state index contributed by atoms with van der Waals surface area (Å²) in [7, 11) is 0. The van der Waals surface area contributed by atoms with Gasteiger partial charge in [0.1, 0.15) is 24.0 Å². The van der Waals surface area contributed by atoms with E-state index in [0.29, 0.717) is 12.2 Å². The molecule has 1 aliphatic heterocycles. The number of primary amides is 1. The average molecular weight is 516 g/mol. The molecular formula is C27H37N3O5S. The Labute approximate surface area is 217 Å². The van der Waals surface area contributed by atoms with Crippen LogP contribution in [0.15, 0.2) is 29.6 Å². The summed E-state index contributed by atoms with van der Waals surface area (Å²) >= 11 is 1.47. The molecule has 2 amide bonds. The topological polar surface area (TPSA) is 102 Å². The smallest absolute Gasteiger partial charge is 0.306 e. The average Bonchev–Trinajstić information content (AvgIpc) is 3.35. The summed E-state index contributed by atoms with van der Waals surface area (Å²) in [5.41, 5.74) is 7.65. The van der Waals surface area contributed by atoms with Gasteiger partial charge >= 0.3 is 5.97 Å². The highest BCUT2D eigenvalue weighted by atomic mass is 32.1. The van der Waals surface area contributed by atoms with Gasteiger partial charge in [-0.15, -0.1) is 11.3 Å². The number of nitrogens with zero attached hydrogens (tertiary/aromatic N) is 2. The second-order valence-corrected chi connectivity index (χ2v) is 10.9. The third-order valence-electron chi connectivity index (χ3n) is 6.14. The van der Waals surface area contributed by atoms with Crippen LogP contribution in [0.3, 0.4) is 0 Å². The number of carbonyl (C=O) groups excluding carboxylic acids is 3. The van der Waals surface area contributed by atoms with E-state index in [1.807, 2.05) is 12.1 Å². The molecule has 3 rings (SSSR count). The zero-order valence-corrected chi connectivity index (χ0v) is 22.7. The molecule has 0 bridgehead atoms. The lowest BCUT2D eigenvalue weighted by atomic mass is 10.1. The van der Waals surface area contributed by atoms with E-state index < -0.39 is 23.5 Å². The number of thiophene rings is 1. The fourth-order valence-electron chi connectivity index (χ4n) is 4.19. The van der Waals surface area contributed by atoms with Crippen LogP contribution in [0, 0.1) is 0 Å². The minimum absolute atomic E-state index is 0.00172. The first-order chi connectivity index (χ1) is 17.0. The van der Waals surface area contributed by atoms with Gasteiger partial charge in [0.15, 0.2) is 0 Å². The van der Waals surface area contributed by atoms with Gasteiger partial charge in [-0.1, -0.05) is 26.0 Å². The van der Waals surface area contributed by atoms with Crippen molar-refractivity contribution >= 4 is 29.1 Å². The maximum atomic E-state index is 13.0. The summed E-state index contributed by atoms with van der Waals surface area (Å²) in [4.78, 5) is 42.1. The number of hydrogen-bond donors (Lipinski definition) is 1. The summed E-state index contributed by atoms with van der Waals surface area (Å²) in [5, 5.41) is 1.80. The Hall–Kier alpha value is -2.91. The van der Waals surface area contributed by atoms with Crippen LogP contribution in [-0.4, -0.2) is 52.3 Å². The molecule has 196 valence electrons. The van der Waals surface area contributed by atoms with Crippen molar-refractivity contribution in [3.8, 4) is 5.75 Å². The number of rotatable bonds is 12. The summed E-state index contributed by atoms with van der Waals surface area (Å²) < 4.78 is 11.3. The molecule has 1 aliphatic rings. The Balaban J connectivity index is 1.61. The maximum absolute atomic E-state index is 13.0. The highest BCUT2D eigenvalue weighted by Crippen LogP contribution is 2.34. The van der Waals surface area contributed by atoms with Crippen molar-refractivity contribution < 1.29 is 23.9 Å². The first-order valence-corrected chi connectivity index (χ1v) is 13.3. The zero-order chi connectivity index (χ0) is 26.5. The van der Waals surface area contributed by atoms with Crippen molar-refractivity contribution in [3.05, 3.63) is 51.2 Å². The maximum Gasteiger partial charge on any atom is 0.306 e. The fourth-order valence-corrected chi connectivity index (χ4v) is 5.14. The number of nitrogens with two attached hydrogens (primary N) is 1. The fraction of sp³-hybridized carbons (Fsp3) is 0.519. The van der Waals surface area contributed by atoms with E-state index in [-0.39, 0.29) is 25.3 Å². The number of carbonyl (C=O) groups is 3. The third-order valence-corrected chi connectivity index (χ3v) is 7.14. The molecule has 0 radical (unpaired) electrons. The van der Waals surface area contributed by atoms with Crippen molar-refractivity contribution in [2.75, 3.05) is 13.1 Å². The Morgan fingerprint density at radius 1 is 1.17 bits per heavy atom. The molecule has 0 aliphatic carbocycles. The number of benzene rings is 1. The van der Waals surface area contributed by atoms with Crippen molar-refractivity contribution in [3.63, 3.8) is 0 Å². The van der Waals surface area contributed by atoms with E-state index in [2.05, 4.69) is 30.9 Å². The molecular weight excluding hydrogens is 478 g/mol. The zero-order valence-electron chi connectivity index (χ0n) is 21.8. The van der Waals surface area contributed by atoms with Crippen LogP contribution in [0.2, 0.25) is 0 Å². The number of amides is 2. The molecule has 2 N–H and O–H groups in total. The molecule has 36 heavy (non-hydrogen) atoms. The second-order valence-electron chi connectivity index (χ2n) is 9.92. The lowest BCUT2D eigenvalue weighted by molar-refractivity contribution is -0.155. The largest absolute Gasteiger partial charge is 0.488 e. The Morgan fingerprint density at radius 3 is 2.42 bits per heavy atom. The molecule has 0 fully saturated rings. The highest BCUT2D eigenvalue weighted by molar-refractivity contribution is 7.10. The van der Waals surface area contributed by atoms with Gasteiger partial charge in [0, 0.05) is 35.3 Å². The number of ether oxygens (including phenoxy) is 2. The number of fused-ring (bicyclic) bond motifs is 1. The van der Waals surface area contributed by atoms with E-state index >= 15 is 0 Å². The van der Waals surface area contributed by atoms with Gasteiger partial charge in [-0.05, 0) is 58.0 Å². The van der Waals surface area contributed by atoms with Gasteiger partial charge in [0.25, 0.3) is 5.91 Å². The van der Waals surface area contributed by atoms with Crippen LogP contribution in [0.4, 0.5) is 0 Å². The lowest BCUT2D eigenvalue weighted by Crippen LogP contribution is -2.45. The second kappa shape index (κ2) is 11.9. The first kappa shape index (κ1) is 27.7. The molecule has 0 saturated carbocycles. The molecule has 1 aromatic heterocycles. The normalized spacial score (nSPS) is 14.2. The molecule has 1 atom stereocenters. The monoisotopic (exact) mass is 515 g/mol. The number of esters is 1. The first-order valence-electron chi connectivity index (χ1n) is 12.4. The quantitative estimate of drug-likeness (QED) is 0.427. The van der Waals surface area contributed by atoms with Crippen molar-refractivity contribution in [1.82, 2.24) is 9.80 Å². The van der Waals surface area contributed by atoms with Crippen LogP contribution in [-0.2, 0) is 34.0 Å². The summed E-state index contributed by atoms with van der Waals surface area (Å²) in [6.07, 6.45) is 0.122.